The van der Waals surface area contributed by atoms with E-state index in [9.17, 15) is 4.79 Å². The Hall–Kier alpha value is -1.77. The van der Waals surface area contributed by atoms with Crippen molar-refractivity contribution in [3.05, 3.63) is 36.4 Å². The molecule has 0 aliphatic carbocycles. The monoisotopic (exact) mass is 192 g/mol. The molecule has 0 saturated carbocycles. The van der Waals surface area contributed by atoms with Crippen molar-refractivity contribution < 1.29 is 14.3 Å². The van der Waals surface area contributed by atoms with Crippen molar-refractivity contribution in [2.45, 2.75) is 6.92 Å². The smallest absolute Gasteiger partial charge is 0.434 e. The molecule has 0 unspecified atom stereocenters. The van der Waals surface area contributed by atoms with E-state index in [4.69, 9.17) is 4.74 Å². The van der Waals surface area contributed by atoms with Gasteiger partial charge in [0.1, 0.15) is 5.75 Å². The number of rotatable bonds is 3. The van der Waals surface area contributed by atoms with Crippen molar-refractivity contribution in [1.82, 2.24) is 0 Å². The van der Waals surface area contributed by atoms with Crippen molar-refractivity contribution in [3.63, 3.8) is 0 Å². The molecule has 1 aromatic rings. The molecule has 0 heterocycles. The second-order valence-electron chi connectivity index (χ2n) is 2.53. The van der Waals surface area contributed by atoms with E-state index in [0.717, 1.165) is 5.56 Å². The lowest BCUT2D eigenvalue weighted by Gasteiger charge is -2.06. The summed E-state index contributed by atoms with van der Waals surface area (Å²) < 4.78 is 9.59. The Morgan fingerprint density at radius 1 is 1.50 bits per heavy atom. The summed E-state index contributed by atoms with van der Waals surface area (Å²) in [4.78, 5) is 11.0. The van der Waals surface area contributed by atoms with Gasteiger partial charge in [0.2, 0.25) is 0 Å². The van der Waals surface area contributed by atoms with Crippen molar-refractivity contribution in [2.75, 3.05) is 6.61 Å². The van der Waals surface area contributed by atoms with Gasteiger partial charge in [0.15, 0.2) is 0 Å². The lowest BCUT2D eigenvalue weighted by atomic mass is 10.2. The molecule has 0 atom stereocenters. The highest BCUT2D eigenvalue weighted by molar-refractivity contribution is 5.67. The van der Waals surface area contributed by atoms with Crippen molar-refractivity contribution >= 4 is 12.2 Å². The predicted molar refractivity (Wildman–Crippen MR) is 54.2 cm³/mol. The summed E-state index contributed by atoms with van der Waals surface area (Å²) in [6, 6.07) is 7.12. The third kappa shape index (κ3) is 2.62. The summed E-state index contributed by atoms with van der Waals surface area (Å²) in [6.07, 6.45) is 0.927. The summed E-state index contributed by atoms with van der Waals surface area (Å²) >= 11 is 0. The van der Waals surface area contributed by atoms with E-state index in [0.29, 0.717) is 12.4 Å². The Bertz CT molecular complexity index is 331. The fourth-order valence-electron chi connectivity index (χ4n) is 0.979. The third-order valence-corrected chi connectivity index (χ3v) is 1.59. The molecule has 0 bridgehead atoms. The van der Waals surface area contributed by atoms with Crippen LogP contribution >= 0.6 is 0 Å². The molecule has 0 radical (unpaired) electrons. The van der Waals surface area contributed by atoms with Gasteiger partial charge >= 0.3 is 6.16 Å². The predicted octanol–water partition coefficient (Wildman–Crippen LogP) is 2.86. The number of hydrogen-bond donors (Lipinski definition) is 0. The van der Waals surface area contributed by atoms with E-state index in [1.54, 1.807) is 25.1 Å². The first-order valence-electron chi connectivity index (χ1n) is 4.34. The summed E-state index contributed by atoms with van der Waals surface area (Å²) in [5.74, 6) is 0.459. The van der Waals surface area contributed by atoms with Gasteiger partial charge in [0.25, 0.3) is 0 Å². The topological polar surface area (TPSA) is 35.5 Å². The van der Waals surface area contributed by atoms with Gasteiger partial charge in [-0.1, -0.05) is 30.9 Å². The highest BCUT2D eigenvalue weighted by Crippen LogP contribution is 2.19. The molecule has 3 heteroatoms. The van der Waals surface area contributed by atoms with Gasteiger partial charge in [-0.2, -0.15) is 0 Å². The second-order valence-corrected chi connectivity index (χ2v) is 2.53. The van der Waals surface area contributed by atoms with Crippen LogP contribution in [0.4, 0.5) is 4.79 Å². The minimum absolute atomic E-state index is 0.301. The molecule has 0 aliphatic rings. The quantitative estimate of drug-likeness (QED) is 0.545. The van der Waals surface area contributed by atoms with E-state index in [1.165, 1.54) is 0 Å². The second kappa shape index (κ2) is 5.07. The standard InChI is InChI=1S/C11H12O3/c1-3-9-7-5-6-8-10(9)14-11(12)13-4-2/h3,5-8H,1,4H2,2H3. The van der Waals surface area contributed by atoms with Gasteiger partial charge < -0.3 is 9.47 Å². The first kappa shape index (κ1) is 10.3. The molecule has 0 aromatic heterocycles. The summed E-state index contributed by atoms with van der Waals surface area (Å²) in [5, 5.41) is 0. The van der Waals surface area contributed by atoms with Gasteiger partial charge in [0.05, 0.1) is 6.61 Å². The first-order valence-corrected chi connectivity index (χ1v) is 4.34. The molecular formula is C11H12O3. The molecule has 0 aliphatic heterocycles. The molecular weight excluding hydrogens is 180 g/mol. The molecule has 3 nitrogen and oxygen atoms in total. The highest BCUT2D eigenvalue weighted by Gasteiger charge is 2.06. The SMILES string of the molecule is C=Cc1ccccc1OC(=O)OCC. The van der Waals surface area contributed by atoms with Gasteiger partial charge in [-0.3, -0.25) is 0 Å². The van der Waals surface area contributed by atoms with E-state index in [2.05, 4.69) is 11.3 Å². The average Bonchev–Trinajstić information content (AvgIpc) is 2.19. The molecule has 0 spiro atoms. The molecule has 14 heavy (non-hydrogen) atoms. The molecule has 0 fully saturated rings. The van der Waals surface area contributed by atoms with E-state index >= 15 is 0 Å². The maximum atomic E-state index is 11.0. The van der Waals surface area contributed by atoms with Crippen LogP contribution in [0, 0.1) is 0 Å². The van der Waals surface area contributed by atoms with Crippen LogP contribution < -0.4 is 4.74 Å². The number of hydrogen-bond acceptors (Lipinski definition) is 3. The third-order valence-electron chi connectivity index (χ3n) is 1.59. The van der Waals surface area contributed by atoms with Crippen molar-refractivity contribution in [2.24, 2.45) is 0 Å². The van der Waals surface area contributed by atoms with Gasteiger partial charge in [0, 0.05) is 5.56 Å². The largest absolute Gasteiger partial charge is 0.513 e. The molecule has 1 aromatic carbocycles. The van der Waals surface area contributed by atoms with Gasteiger partial charge in [-0.25, -0.2) is 4.79 Å². The number of benzene rings is 1. The number of carbonyl (C=O) groups is 1. The first-order chi connectivity index (χ1) is 6.77. The summed E-state index contributed by atoms with van der Waals surface area (Å²) in [5.41, 5.74) is 0.764. The Morgan fingerprint density at radius 3 is 2.86 bits per heavy atom. The summed E-state index contributed by atoms with van der Waals surface area (Å²) in [7, 11) is 0. The lowest BCUT2D eigenvalue weighted by molar-refractivity contribution is 0.104. The lowest BCUT2D eigenvalue weighted by Crippen LogP contribution is -2.10. The Labute approximate surface area is 83.0 Å². The molecule has 0 N–H and O–H groups in total. The zero-order valence-corrected chi connectivity index (χ0v) is 8.03. The van der Waals surface area contributed by atoms with Crippen molar-refractivity contribution in [1.29, 1.82) is 0 Å². The molecule has 0 amide bonds. The van der Waals surface area contributed by atoms with Gasteiger partial charge in [-0.15, -0.1) is 0 Å². The Morgan fingerprint density at radius 2 is 2.21 bits per heavy atom. The maximum absolute atomic E-state index is 11.0. The normalized spacial score (nSPS) is 9.21. The maximum Gasteiger partial charge on any atom is 0.513 e. The zero-order chi connectivity index (χ0) is 10.4. The fraction of sp³-hybridized carbons (Fsp3) is 0.182. The van der Waals surface area contributed by atoms with Gasteiger partial charge in [-0.05, 0) is 13.0 Å². The van der Waals surface area contributed by atoms with Crippen LogP contribution in [0.15, 0.2) is 30.8 Å². The van der Waals surface area contributed by atoms with E-state index < -0.39 is 6.16 Å². The number of ether oxygens (including phenoxy) is 2. The highest BCUT2D eigenvalue weighted by atomic mass is 16.7. The zero-order valence-electron chi connectivity index (χ0n) is 8.03. The number of carbonyl (C=O) groups excluding carboxylic acids is 1. The van der Waals surface area contributed by atoms with Crippen LogP contribution in [0.2, 0.25) is 0 Å². The van der Waals surface area contributed by atoms with Crippen LogP contribution in [-0.4, -0.2) is 12.8 Å². The molecule has 0 saturated heterocycles. The van der Waals surface area contributed by atoms with Crippen LogP contribution in [0.1, 0.15) is 12.5 Å². The minimum atomic E-state index is -0.693. The molecule has 1 rings (SSSR count). The van der Waals surface area contributed by atoms with E-state index in [-0.39, 0.29) is 0 Å². The Balaban J connectivity index is 2.75. The average molecular weight is 192 g/mol. The van der Waals surface area contributed by atoms with Crippen LogP contribution in [-0.2, 0) is 4.74 Å². The van der Waals surface area contributed by atoms with E-state index in [1.807, 2.05) is 12.1 Å². The van der Waals surface area contributed by atoms with Crippen molar-refractivity contribution in [3.8, 4) is 5.75 Å². The Kier molecular flexibility index (Phi) is 3.73. The van der Waals surface area contributed by atoms with Crippen LogP contribution in [0.5, 0.6) is 5.75 Å². The van der Waals surface area contributed by atoms with Crippen LogP contribution in [0.25, 0.3) is 6.08 Å². The molecule has 74 valence electrons. The minimum Gasteiger partial charge on any atom is -0.434 e. The fourth-order valence-corrected chi connectivity index (χ4v) is 0.979. The summed E-state index contributed by atoms with van der Waals surface area (Å²) in [6.45, 7) is 5.64. The van der Waals surface area contributed by atoms with Crippen LogP contribution in [0.3, 0.4) is 0 Å². The number of para-hydroxylation sites is 1.